The third-order valence-corrected chi connectivity index (χ3v) is 3.82. The molecule has 0 aliphatic heterocycles. The zero-order chi connectivity index (χ0) is 17.6. The monoisotopic (exact) mass is 337 g/mol. The summed E-state index contributed by atoms with van der Waals surface area (Å²) in [6, 6.07) is 14.8. The molecule has 1 aromatic heterocycles. The molecule has 0 bridgehead atoms. The Labute approximate surface area is 144 Å². The van der Waals surface area contributed by atoms with Crippen molar-refractivity contribution >= 4 is 16.7 Å². The Bertz CT molecular complexity index is 933. The fourth-order valence-electron chi connectivity index (χ4n) is 2.51. The van der Waals surface area contributed by atoms with Gasteiger partial charge in [-0.15, -0.1) is 0 Å². The molecule has 3 rings (SSSR count). The average molecular weight is 337 g/mol. The summed E-state index contributed by atoms with van der Waals surface area (Å²) in [5.41, 5.74) is 1.46. The summed E-state index contributed by atoms with van der Waals surface area (Å²) in [6.07, 6.45) is 0.0990. The van der Waals surface area contributed by atoms with Gasteiger partial charge in [0, 0.05) is 5.39 Å². The zero-order valence-electron chi connectivity index (χ0n) is 13.9. The molecule has 0 spiro atoms. The highest BCUT2D eigenvalue weighted by molar-refractivity contribution is 5.88. The van der Waals surface area contributed by atoms with E-state index in [1.54, 1.807) is 18.2 Å². The Kier molecular flexibility index (Phi) is 5.09. The SMILES string of the molecule is Cc1ccc(OCCNC(=O)Cc2n[nH]c(=O)c3ccccc23)cc1. The van der Waals surface area contributed by atoms with Crippen LogP contribution in [0.15, 0.2) is 53.3 Å². The van der Waals surface area contributed by atoms with Gasteiger partial charge in [-0.1, -0.05) is 35.9 Å². The molecule has 128 valence electrons. The van der Waals surface area contributed by atoms with Crippen molar-refractivity contribution in [1.29, 1.82) is 0 Å². The predicted molar refractivity (Wildman–Crippen MR) is 95.8 cm³/mol. The third kappa shape index (κ3) is 4.23. The van der Waals surface area contributed by atoms with E-state index in [2.05, 4.69) is 15.5 Å². The van der Waals surface area contributed by atoms with Crippen molar-refractivity contribution in [3.8, 4) is 5.75 Å². The van der Waals surface area contributed by atoms with Gasteiger partial charge in [-0.2, -0.15) is 5.10 Å². The van der Waals surface area contributed by atoms with E-state index in [-0.39, 0.29) is 17.9 Å². The number of hydrogen-bond acceptors (Lipinski definition) is 4. The first-order valence-electron chi connectivity index (χ1n) is 8.06. The normalized spacial score (nSPS) is 10.6. The molecule has 6 heteroatoms. The van der Waals surface area contributed by atoms with Gasteiger partial charge in [0.2, 0.25) is 5.91 Å². The highest BCUT2D eigenvalue weighted by Crippen LogP contribution is 2.13. The lowest BCUT2D eigenvalue weighted by atomic mass is 10.1. The molecule has 0 fully saturated rings. The van der Waals surface area contributed by atoms with E-state index >= 15 is 0 Å². The van der Waals surface area contributed by atoms with Gasteiger partial charge < -0.3 is 10.1 Å². The minimum Gasteiger partial charge on any atom is -0.492 e. The lowest BCUT2D eigenvalue weighted by Gasteiger charge is -2.08. The Morgan fingerprint density at radius 1 is 1.12 bits per heavy atom. The first-order chi connectivity index (χ1) is 12.1. The van der Waals surface area contributed by atoms with Gasteiger partial charge in [-0.25, -0.2) is 5.10 Å². The summed E-state index contributed by atoms with van der Waals surface area (Å²) in [6.45, 7) is 2.79. The van der Waals surface area contributed by atoms with E-state index in [0.29, 0.717) is 29.6 Å². The number of ether oxygens (including phenoxy) is 1. The first-order valence-corrected chi connectivity index (χ1v) is 8.06. The molecule has 0 saturated heterocycles. The standard InChI is InChI=1S/C19H19N3O3/c1-13-6-8-14(9-7-13)25-11-10-20-18(23)12-17-15-4-2-3-5-16(15)19(24)22-21-17/h2-9H,10-12H2,1H3,(H,20,23)(H,22,24). The van der Waals surface area contributed by atoms with Crippen LogP contribution in [0.4, 0.5) is 0 Å². The van der Waals surface area contributed by atoms with Crippen LogP contribution in [0.5, 0.6) is 5.75 Å². The number of aromatic amines is 1. The summed E-state index contributed by atoms with van der Waals surface area (Å²) < 4.78 is 5.57. The molecular weight excluding hydrogens is 318 g/mol. The van der Waals surface area contributed by atoms with Gasteiger partial charge in [0.05, 0.1) is 24.0 Å². The number of nitrogens with zero attached hydrogens (tertiary/aromatic N) is 1. The summed E-state index contributed by atoms with van der Waals surface area (Å²) in [4.78, 5) is 23.8. The van der Waals surface area contributed by atoms with E-state index < -0.39 is 0 Å². The van der Waals surface area contributed by atoms with Crippen molar-refractivity contribution in [2.45, 2.75) is 13.3 Å². The van der Waals surface area contributed by atoms with Crippen LogP contribution >= 0.6 is 0 Å². The molecule has 0 unspecified atom stereocenters. The van der Waals surface area contributed by atoms with E-state index in [4.69, 9.17) is 4.74 Å². The highest BCUT2D eigenvalue weighted by atomic mass is 16.5. The summed E-state index contributed by atoms with van der Waals surface area (Å²) in [5, 5.41) is 10.5. The lowest BCUT2D eigenvalue weighted by Crippen LogP contribution is -2.30. The van der Waals surface area contributed by atoms with Crippen molar-refractivity contribution in [3.05, 3.63) is 70.1 Å². The third-order valence-electron chi connectivity index (χ3n) is 3.82. The van der Waals surface area contributed by atoms with Crippen molar-refractivity contribution in [2.24, 2.45) is 0 Å². The van der Waals surface area contributed by atoms with Crippen LogP contribution in [0.2, 0.25) is 0 Å². The number of H-pyrrole nitrogens is 1. The topological polar surface area (TPSA) is 84.1 Å². The maximum atomic E-state index is 12.1. The van der Waals surface area contributed by atoms with Gasteiger partial charge in [0.15, 0.2) is 0 Å². The van der Waals surface area contributed by atoms with E-state index in [9.17, 15) is 9.59 Å². The lowest BCUT2D eigenvalue weighted by molar-refractivity contribution is -0.120. The van der Waals surface area contributed by atoms with Crippen molar-refractivity contribution < 1.29 is 9.53 Å². The summed E-state index contributed by atoms with van der Waals surface area (Å²) >= 11 is 0. The maximum Gasteiger partial charge on any atom is 0.272 e. The van der Waals surface area contributed by atoms with Crippen LogP contribution in [0.25, 0.3) is 10.8 Å². The number of benzene rings is 2. The second kappa shape index (κ2) is 7.61. The predicted octanol–water partition coefficient (Wildman–Crippen LogP) is 1.97. The van der Waals surface area contributed by atoms with Gasteiger partial charge in [-0.3, -0.25) is 9.59 Å². The Morgan fingerprint density at radius 2 is 1.84 bits per heavy atom. The Hall–Kier alpha value is -3.15. The van der Waals surface area contributed by atoms with Crippen LogP contribution in [-0.2, 0) is 11.2 Å². The van der Waals surface area contributed by atoms with Gasteiger partial charge in [-0.05, 0) is 25.1 Å². The zero-order valence-corrected chi connectivity index (χ0v) is 13.9. The van der Waals surface area contributed by atoms with Crippen LogP contribution in [0.3, 0.4) is 0 Å². The van der Waals surface area contributed by atoms with Crippen molar-refractivity contribution in [1.82, 2.24) is 15.5 Å². The van der Waals surface area contributed by atoms with Gasteiger partial charge >= 0.3 is 0 Å². The molecule has 0 aliphatic rings. The molecule has 1 heterocycles. The molecule has 0 radical (unpaired) electrons. The molecular formula is C19H19N3O3. The number of aromatic nitrogens is 2. The van der Waals surface area contributed by atoms with Crippen LogP contribution in [0, 0.1) is 6.92 Å². The number of carbonyl (C=O) groups excluding carboxylic acids is 1. The second-order valence-electron chi connectivity index (χ2n) is 5.73. The van der Waals surface area contributed by atoms with Gasteiger partial charge in [0.1, 0.15) is 12.4 Å². The van der Waals surface area contributed by atoms with E-state index in [1.165, 1.54) is 5.56 Å². The maximum absolute atomic E-state index is 12.1. The molecule has 0 aliphatic carbocycles. The van der Waals surface area contributed by atoms with Crippen LogP contribution < -0.4 is 15.6 Å². The molecule has 3 aromatic rings. The fourth-order valence-corrected chi connectivity index (χ4v) is 2.51. The molecule has 6 nitrogen and oxygen atoms in total. The molecule has 2 N–H and O–H groups in total. The summed E-state index contributed by atoms with van der Waals surface area (Å²) in [5.74, 6) is 0.602. The van der Waals surface area contributed by atoms with E-state index in [1.807, 2.05) is 37.3 Å². The Morgan fingerprint density at radius 3 is 2.60 bits per heavy atom. The van der Waals surface area contributed by atoms with Gasteiger partial charge in [0.25, 0.3) is 5.56 Å². The summed E-state index contributed by atoms with van der Waals surface area (Å²) in [7, 11) is 0. The average Bonchev–Trinajstić information content (AvgIpc) is 2.63. The number of fused-ring (bicyclic) bond motifs is 1. The number of nitrogens with one attached hydrogen (secondary N) is 2. The minimum atomic E-state index is -0.258. The van der Waals surface area contributed by atoms with E-state index in [0.717, 1.165) is 5.75 Å². The Balaban J connectivity index is 1.54. The number of amides is 1. The first kappa shape index (κ1) is 16.7. The van der Waals surface area contributed by atoms with Crippen molar-refractivity contribution in [2.75, 3.05) is 13.2 Å². The molecule has 25 heavy (non-hydrogen) atoms. The second-order valence-corrected chi connectivity index (χ2v) is 5.73. The molecule has 2 aromatic carbocycles. The van der Waals surface area contributed by atoms with Crippen LogP contribution in [0.1, 0.15) is 11.3 Å². The van der Waals surface area contributed by atoms with Crippen LogP contribution in [-0.4, -0.2) is 29.3 Å². The smallest absolute Gasteiger partial charge is 0.272 e. The quantitative estimate of drug-likeness (QED) is 0.674. The fraction of sp³-hybridized carbons (Fsp3) is 0.211. The number of aryl methyl sites for hydroxylation is 1. The largest absolute Gasteiger partial charge is 0.492 e. The number of rotatable bonds is 6. The van der Waals surface area contributed by atoms with Crippen molar-refractivity contribution in [3.63, 3.8) is 0 Å². The molecule has 0 saturated carbocycles. The highest BCUT2D eigenvalue weighted by Gasteiger charge is 2.10. The number of carbonyl (C=O) groups is 1. The molecule has 1 amide bonds. The molecule has 0 atom stereocenters. The minimum absolute atomic E-state index is 0.0990. The number of hydrogen-bond donors (Lipinski definition) is 2.